The Labute approximate surface area is 120 Å². The SMILES string of the molecule is CC(=O)N1CC(C)(CCc2ccccn2)C(=O)CC1C. The van der Waals surface area contributed by atoms with Crippen LogP contribution in [0.4, 0.5) is 0 Å². The van der Waals surface area contributed by atoms with Crippen LogP contribution in [0.1, 0.15) is 39.3 Å². The van der Waals surface area contributed by atoms with E-state index in [1.54, 1.807) is 13.1 Å². The molecular formula is C16H22N2O2. The average molecular weight is 274 g/mol. The fourth-order valence-electron chi connectivity index (χ4n) is 2.84. The van der Waals surface area contributed by atoms with Gasteiger partial charge in [0.2, 0.25) is 5.91 Å². The van der Waals surface area contributed by atoms with Gasteiger partial charge in [-0.1, -0.05) is 13.0 Å². The Morgan fingerprint density at radius 1 is 1.50 bits per heavy atom. The minimum absolute atomic E-state index is 0.0166. The first-order valence-corrected chi connectivity index (χ1v) is 7.13. The summed E-state index contributed by atoms with van der Waals surface area (Å²) in [5.74, 6) is 0.312. The molecule has 108 valence electrons. The zero-order valence-electron chi connectivity index (χ0n) is 12.4. The molecule has 2 atom stereocenters. The molecule has 20 heavy (non-hydrogen) atoms. The number of Topliss-reactive ketones (excluding diaryl/α,β-unsaturated/α-hetero) is 1. The smallest absolute Gasteiger partial charge is 0.219 e. The van der Waals surface area contributed by atoms with E-state index in [0.29, 0.717) is 13.0 Å². The highest BCUT2D eigenvalue weighted by Crippen LogP contribution is 2.33. The molecular weight excluding hydrogens is 252 g/mol. The highest BCUT2D eigenvalue weighted by Gasteiger charge is 2.41. The highest BCUT2D eigenvalue weighted by atomic mass is 16.2. The second-order valence-corrected chi connectivity index (χ2v) is 6.00. The number of piperidine rings is 1. The van der Waals surface area contributed by atoms with Crippen molar-refractivity contribution < 1.29 is 9.59 Å². The van der Waals surface area contributed by atoms with Crippen LogP contribution in [-0.4, -0.2) is 34.2 Å². The van der Waals surface area contributed by atoms with Crippen molar-refractivity contribution in [1.82, 2.24) is 9.88 Å². The Balaban J connectivity index is 2.07. The van der Waals surface area contributed by atoms with Crippen molar-refractivity contribution in [3.63, 3.8) is 0 Å². The van der Waals surface area contributed by atoms with Gasteiger partial charge in [0.15, 0.2) is 0 Å². The van der Waals surface area contributed by atoms with Gasteiger partial charge >= 0.3 is 0 Å². The minimum atomic E-state index is -0.449. The predicted molar refractivity (Wildman–Crippen MR) is 77.1 cm³/mol. The summed E-state index contributed by atoms with van der Waals surface area (Å²) in [6.45, 7) is 6.01. The Hall–Kier alpha value is -1.71. The third-order valence-electron chi connectivity index (χ3n) is 4.27. The fourth-order valence-corrected chi connectivity index (χ4v) is 2.84. The van der Waals surface area contributed by atoms with E-state index < -0.39 is 5.41 Å². The van der Waals surface area contributed by atoms with Gasteiger partial charge in [0.25, 0.3) is 0 Å². The van der Waals surface area contributed by atoms with E-state index in [4.69, 9.17) is 0 Å². The number of aryl methyl sites for hydroxylation is 1. The summed E-state index contributed by atoms with van der Waals surface area (Å²) in [6.07, 6.45) is 3.73. The molecule has 0 radical (unpaired) electrons. The lowest BCUT2D eigenvalue weighted by atomic mass is 9.75. The lowest BCUT2D eigenvalue weighted by Gasteiger charge is -2.42. The normalized spacial score (nSPS) is 26.6. The number of ketones is 1. The van der Waals surface area contributed by atoms with Gasteiger partial charge in [-0.15, -0.1) is 0 Å². The molecule has 2 rings (SSSR count). The second kappa shape index (κ2) is 5.73. The van der Waals surface area contributed by atoms with Crippen molar-refractivity contribution in [3.8, 4) is 0 Å². The zero-order chi connectivity index (χ0) is 14.8. The van der Waals surface area contributed by atoms with Crippen LogP contribution in [0.2, 0.25) is 0 Å². The first-order chi connectivity index (χ1) is 9.42. The van der Waals surface area contributed by atoms with Gasteiger partial charge in [0.1, 0.15) is 5.78 Å². The third-order valence-corrected chi connectivity index (χ3v) is 4.27. The molecule has 1 aliphatic rings. The number of carbonyl (C=O) groups excluding carboxylic acids is 2. The molecule has 1 saturated heterocycles. The molecule has 0 N–H and O–H groups in total. The molecule has 0 aliphatic carbocycles. The van der Waals surface area contributed by atoms with E-state index in [-0.39, 0.29) is 17.7 Å². The maximum absolute atomic E-state index is 12.4. The monoisotopic (exact) mass is 274 g/mol. The van der Waals surface area contributed by atoms with Crippen LogP contribution < -0.4 is 0 Å². The Morgan fingerprint density at radius 2 is 2.25 bits per heavy atom. The first-order valence-electron chi connectivity index (χ1n) is 7.13. The molecule has 1 amide bonds. The maximum atomic E-state index is 12.4. The van der Waals surface area contributed by atoms with Crippen molar-refractivity contribution in [2.24, 2.45) is 5.41 Å². The van der Waals surface area contributed by atoms with Crippen LogP contribution in [0, 0.1) is 5.41 Å². The largest absolute Gasteiger partial charge is 0.339 e. The van der Waals surface area contributed by atoms with Gasteiger partial charge in [0.05, 0.1) is 0 Å². The van der Waals surface area contributed by atoms with Crippen LogP contribution in [0.25, 0.3) is 0 Å². The number of rotatable bonds is 3. The summed E-state index contributed by atoms with van der Waals surface area (Å²) >= 11 is 0. The maximum Gasteiger partial charge on any atom is 0.219 e. The Bertz CT molecular complexity index is 500. The van der Waals surface area contributed by atoms with Crippen LogP contribution in [0.3, 0.4) is 0 Å². The van der Waals surface area contributed by atoms with E-state index in [0.717, 1.165) is 18.5 Å². The molecule has 1 fully saturated rings. The van der Waals surface area contributed by atoms with E-state index in [9.17, 15) is 9.59 Å². The van der Waals surface area contributed by atoms with Gasteiger partial charge in [0, 0.05) is 43.2 Å². The molecule has 1 aromatic heterocycles. The molecule has 1 aromatic rings. The predicted octanol–water partition coefficient (Wildman–Crippen LogP) is 2.23. The molecule has 4 nitrogen and oxygen atoms in total. The van der Waals surface area contributed by atoms with Crippen molar-refractivity contribution in [3.05, 3.63) is 30.1 Å². The van der Waals surface area contributed by atoms with E-state index >= 15 is 0 Å². The lowest BCUT2D eigenvalue weighted by Crippen LogP contribution is -2.53. The van der Waals surface area contributed by atoms with Crippen LogP contribution in [0.5, 0.6) is 0 Å². The van der Waals surface area contributed by atoms with Crippen molar-refractivity contribution in [2.75, 3.05) is 6.54 Å². The number of hydrogen-bond donors (Lipinski definition) is 0. The third kappa shape index (κ3) is 3.06. The van der Waals surface area contributed by atoms with Crippen LogP contribution >= 0.6 is 0 Å². The number of nitrogens with zero attached hydrogens (tertiary/aromatic N) is 2. The molecule has 4 heteroatoms. The fraction of sp³-hybridized carbons (Fsp3) is 0.562. The van der Waals surface area contributed by atoms with Crippen LogP contribution in [-0.2, 0) is 16.0 Å². The zero-order valence-corrected chi connectivity index (χ0v) is 12.4. The number of pyridine rings is 1. The summed E-state index contributed by atoms with van der Waals surface area (Å²) in [5, 5.41) is 0. The Morgan fingerprint density at radius 3 is 2.85 bits per heavy atom. The molecule has 2 heterocycles. The highest BCUT2D eigenvalue weighted by molar-refractivity contribution is 5.88. The standard InChI is InChI=1S/C16H22N2O2/c1-12-10-15(20)16(3,11-18(12)13(2)19)8-7-14-6-4-5-9-17-14/h4-6,9,12H,7-8,10-11H2,1-3H3. The van der Waals surface area contributed by atoms with Gasteiger partial charge < -0.3 is 4.90 Å². The van der Waals surface area contributed by atoms with Gasteiger partial charge in [-0.3, -0.25) is 14.6 Å². The molecule has 2 unspecified atom stereocenters. The summed E-state index contributed by atoms with van der Waals surface area (Å²) in [5.41, 5.74) is 0.546. The Kier molecular flexibility index (Phi) is 4.21. The molecule has 0 spiro atoms. The summed E-state index contributed by atoms with van der Waals surface area (Å²) < 4.78 is 0. The number of amides is 1. The van der Waals surface area contributed by atoms with Crippen molar-refractivity contribution >= 4 is 11.7 Å². The number of hydrogen-bond acceptors (Lipinski definition) is 3. The summed E-state index contributed by atoms with van der Waals surface area (Å²) in [7, 11) is 0. The van der Waals surface area contributed by atoms with Crippen molar-refractivity contribution in [2.45, 2.75) is 46.1 Å². The molecule has 0 saturated carbocycles. The summed E-state index contributed by atoms with van der Waals surface area (Å²) in [6, 6.07) is 5.83. The molecule has 1 aliphatic heterocycles. The molecule has 0 aromatic carbocycles. The van der Waals surface area contributed by atoms with Gasteiger partial charge in [-0.25, -0.2) is 0 Å². The van der Waals surface area contributed by atoms with Crippen LogP contribution in [0.15, 0.2) is 24.4 Å². The van der Waals surface area contributed by atoms with Gasteiger partial charge in [-0.2, -0.15) is 0 Å². The van der Waals surface area contributed by atoms with Crippen molar-refractivity contribution in [1.29, 1.82) is 0 Å². The minimum Gasteiger partial charge on any atom is -0.339 e. The topological polar surface area (TPSA) is 50.3 Å². The number of likely N-dealkylation sites (tertiary alicyclic amines) is 1. The average Bonchev–Trinajstić information content (AvgIpc) is 2.42. The first kappa shape index (κ1) is 14.7. The lowest BCUT2D eigenvalue weighted by molar-refractivity contribution is -0.144. The number of aromatic nitrogens is 1. The van der Waals surface area contributed by atoms with E-state index in [2.05, 4.69) is 4.98 Å². The van der Waals surface area contributed by atoms with E-state index in [1.165, 1.54) is 0 Å². The van der Waals surface area contributed by atoms with E-state index in [1.807, 2.05) is 36.9 Å². The number of carbonyl (C=O) groups is 2. The molecule has 0 bridgehead atoms. The van der Waals surface area contributed by atoms with Gasteiger partial charge in [-0.05, 0) is 31.9 Å². The second-order valence-electron chi connectivity index (χ2n) is 6.00. The quantitative estimate of drug-likeness (QED) is 0.849. The summed E-state index contributed by atoms with van der Waals surface area (Å²) in [4.78, 5) is 30.2.